The Kier molecular flexibility index (Phi) is 9.83. The SMILES string of the molecule is CCNC(=NCC(=O)Nc1ccc(O)cc1)NC1CCN(c2ccc(C)cn2)CC1.I. The number of piperidine rings is 1. The van der Waals surface area contributed by atoms with Gasteiger partial charge >= 0.3 is 0 Å². The van der Waals surface area contributed by atoms with Crippen molar-refractivity contribution in [3.63, 3.8) is 0 Å². The maximum atomic E-state index is 12.2. The van der Waals surface area contributed by atoms with Gasteiger partial charge < -0.3 is 26.0 Å². The summed E-state index contributed by atoms with van der Waals surface area (Å²) in [5.74, 6) is 1.61. The summed E-state index contributed by atoms with van der Waals surface area (Å²) in [7, 11) is 0. The van der Waals surface area contributed by atoms with Crippen molar-refractivity contribution in [1.29, 1.82) is 0 Å². The van der Waals surface area contributed by atoms with Gasteiger partial charge in [0.1, 0.15) is 18.1 Å². The van der Waals surface area contributed by atoms with Gasteiger partial charge in [-0.3, -0.25) is 4.79 Å². The molecule has 1 aromatic heterocycles. The van der Waals surface area contributed by atoms with Gasteiger partial charge in [0.25, 0.3) is 0 Å². The van der Waals surface area contributed by atoms with Crippen LogP contribution in [-0.2, 0) is 4.79 Å². The molecular weight excluding hydrogens is 507 g/mol. The highest BCUT2D eigenvalue weighted by Gasteiger charge is 2.21. The first-order chi connectivity index (χ1) is 14.5. The fourth-order valence-electron chi connectivity index (χ4n) is 3.31. The van der Waals surface area contributed by atoms with E-state index in [1.54, 1.807) is 12.1 Å². The Bertz CT molecular complexity index is 849. The molecule has 0 bridgehead atoms. The molecule has 168 valence electrons. The Morgan fingerprint density at radius 3 is 2.52 bits per heavy atom. The number of guanidine groups is 1. The number of hydrogen-bond donors (Lipinski definition) is 4. The van der Waals surface area contributed by atoms with Crippen LogP contribution in [0.15, 0.2) is 47.6 Å². The highest BCUT2D eigenvalue weighted by atomic mass is 127. The zero-order valence-electron chi connectivity index (χ0n) is 18.0. The predicted octanol–water partition coefficient (Wildman–Crippen LogP) is 2.88. The number of anilines is 2. The van der Waals surface area contributed by atoms with E-state index in [0.717, 1.165) is 43.9 Å². The fourth-order valence-corrected chi connectivity index (χ4v) is 3.31. The summed E-state index contributed by atoms with van der Waals surface area (Å²) in [6.07, 6.45) is 3.85. The molecule has 0 unspecified atom stereocenters. The molecule has 1 aliphatic heterocycles. The minimum absolute atomic E-state index is 0. The summed E-state index contributed by atoms with van der Waals surface area (Å²) in [6.45, 7) is 6.63. The number of halogens is 1. The molecule has 0 radical (unpaired) electrons. The van der Waals surface area contributed by atoms with Crippen LogP contribution in [0.2, 0.25) is 0 Å². The van der Waals surface area contributed by atoms with E-state index in [4.69, 9.17) is 0 Å². The molecule has 0 atom stereocenters. The van der Waals surface area contributed by atoms with E-state index in [9.17, 15) is 9.90 Å². The van der Waals surface area contributed by atoms with Crippen molar-refractivity contribution in [2.24, 2.45) is 4.99 Å². The number of carbonyl (C=O) groups excluding carboxylic acids is 1. The van der Waals surface area contributed by atoms with Crippen molar-refractivity contribution in [1.82, 2.24) is 15.6 Å². The number of carbonyl (C=O) groups is 1. The first-order valence-electron chi connectivity index (χ1n) is 10.3. The topological polar surface area (TPSA) is 102 Å². The lowest BCUT2D eigenvalue weighted by atomic mass is 10.1. The maximum absolute atomic E-state index is 12.2. The number of phenolic OH excluding ortho intramolecular Hbond substituents is 1. The van der Waals surface area contributed by atoms with Gasteiger partial charge in [0, 0.05) is 37.6 Å². The van der Waals surface area contributed by atoms with Crippen molar-refractivity contribution in [3.8, 4) is 5.75 Å². The molecule has 1 amide bonds. The average Bonchev–Trinajstić information content (AvgIpc) is 2.75. The monoisotopic (exact) mass is 538 g/mol. The number of nitrogens with one attached hydrogen (secondary N) is 3. The van der Waals surface area contributed by atoms with Crippen molar-refractivity contribution in [3.05, 3.63) is 48.2 Å². The molecular formula is C22H31IN6O2. The lowest BCUT2D eigenvalue weighted by molar-refractivity contribution is -0.114. The second kappa shape index (κ2) is 12.3. The van der Waals surface area contributed by atoms with E-state index in [0.29, 0.717) is 17.7 Å². The molecule has 8 nitrogen and oxygen atoms in total. The summed E-state index contributed by atoms with van der Waals surface area (Å²) < 4.78 is 0. The number of rotatable bonds is 6. The van der Waals surface area contributed by atoms with Crippen LogP contribution in [0.4, 0.5) is 11.5 Å². The fraction of sp³-hybridized carbons (Fsp3) is 0.409. The second-order valence-corrected chi connectivity index (χ2v) is 7.39. The minimum Gasteiger partial charge on any atom is -0.508 e. The van der Waals surface area contributed by atoms with E-state index < -0.39 is 0 Å². The largest absolute Gasteiger partial charge is 0.508 e. The number of hydrogen-bond acceptors (Lipinski definition) is 5. The lowest BCUT2D eigenvalue weighted by Crippen LogP contribution is -2.49. The number of benzene rings is 1. The molecule has 1 aliphatic rings. The zero-order valence-corrected chi connectivity index (χ0v) is 20.3. The lowest BCUT2D eigenvalue weighted by Gasteiger charge is -2.33. The number of phenols is 1. The van der Waals surface area contributed by atoms with Gasteiger partial charge in [-0.05, 0) is 62.6 Å². The molecule has 1 aromatic carbocycles. The van der Waals surface area contributed by atoms with Gasteiger partial charge in [-0.25, -0.2) is 9.98 Å². The van der Waals surface area contributed by atoms with Gasteiger partial charge in [-0.2, -0.15) is 0 Å². The number of aliphatic imine (C=N–C) groups is 1. The highest BCUT2D eigenvalue weighted by molar-refractivity contribution is 14.0. The van der Waals surface area contributed by atoms with Crippen molar-refractivity contribution >= 4 is 47.3 Å². The molecule has 2 heterocycles. The molecule has 1 saturated heterocycles. The number of aryl methyl sites for hydroxylation is 1. The standard InChI is InChI=1S/C22H30N6O2.HI/c1-3-23-22(25-15-21(30)26-17-5-7-19(29)8-6-17)27-18-10-12-28(13-11-18)20-9-4-16(2)14-24-20;/h4-9,14,18,29H,3,10-13,15H2,1-2H3,(H,26,30)(H2,23,25,27);1H. The number of aromatic nitrogens is 1. The number of pyridine rings is 1. The van der Waals surface area contributed by atoms with Crippen LogP contribution in [0, 0.1) is 6.92 Å². The average molecular weight is 538 g/mol. The highest BCUT2D eigenvalue weighted by Crippen LogP contribution is 2.18. The maximum Gasteiger partial charge on any atom is 0.246 e. The van der Waals surface area contributed by atoms with Gasteiger partial charge in [-0.1, -0.05) is 6.07 Å². The van der Waals surface area contributed by atoms with Crippen LogP contribution in [0.3, 0.4) is 0 Å². The molecule has 2 aromatic rings. The summed E-state index contributed by atoms with van der Waals surface area (Å²) in [4.78, 5) is 23.4. The van der Waals surface area contributed by atoms with Gasteiger partial charge in [0.2, 0.25) is 5.91 Å². The molecule has 31 heavy (non-hydrogen) atoms. The van der Waals surface area contributed by atoms with Crippen molar-refractivity contribution in [2.75, 3.05) is 36.4 Å². The summed E-state index contributed by atoms with van der Waals surface area (Å²) in [5, 5.41) is 18.7. The van der Waals surface area contributed by atoms with Gasteiger partial charge in [-0.15, -0.1) is 24.0 Å². The first kappa shape index (κ1) is 24.7. The minimum atomic E-state index is -0.210. The van der Waals surface area contributed by atoms with Crippen LogP contribution >= 0.6 is 24.0 Å². The summed E-state index contributed by atoms with van der Waals surface area (Å²) in [6, 6.07) is 10.8. The van der Waals surface area contributed by atoms with Crippen LogP contribution in [0.25, 0.3) is 0 Å². The Labute approximate surface area is 200 Å². The Balaban J connectivity index is 0.00000341. The third-order valence-electron chi connectivity index (χ3n) is 4.93. The first-order valence-corrected chi connectivity index (χ1v) is 10.3. The Morgan fingerprint density at radius 1 is 1.19 bits per heavy atom. The molecule has 3 rings (SSSR count). The molecule has 9 heteroatoms. The molecule has 4 N–H and O–H groups in total. The molecule has 0 aliphatic carbocycles. The number of amides is 1. The zero-order chi connectivity index (χ0) is 21.3. The Hall–Kier alpha value is -2.56. The van der Waals surface area contributed by atoms with E-state index in [-0.39, 0.29) is 42.2 Å². The molecule has 0 spiro atoms. The summed E-state index contributed by atoms with van der Waals surface area (Å²) in [5.41, 5.74) is 1.79. The summed E-state index contributed by atoms with van der Waals surface area (Å²) >= 11 is 0. The third kappa shape index (κ3) is 7.89. The second-order valence-electron chi connectivity index (χ2n) is 7.39. The smallest absolute Gasteiger partial charge is 0.246 e. The van der Waals surface area contributed by atoms with Crippen molar-refractivity contribution in [2.45, 2.75) is 32.7 Å². The Morgan fingerprint density at radius 2 is 1.90 bits per heavy atom. The van der Waals surface area contributed by atoms with Crippen LogP contribution < -0.4 is 20.9 Å². The predicted molar refractivity (Wildman–Crippen MR) is 135 cm³/mol. The molecule has 0 saturated carbocycles. The van der Waals surface area contributed by atoms with E-state index in [1.807, 2.05) is 20.0 Å². The number of aromatic hydroxyl groups is 1. The normalized spacial score (nSPS) is 14.5. The quantitative estimate of drug-likeness (QED) is 0.195. The van der Waals surface area contributed by atoms with Crippen LogP contribution in [0.5, 0.6) is 5.75 Å². The van der Waals surface area contributed by atoms with Gasteiger partial charge in [0.05, 0.1) is 0 Å². The molecule has 1 fully saturated rings. The van der Waals surface area contributed by atoms with Crippen molar-refractivity contribution < 1.29 is 9.90 Å². The third-order valence-corrected chi connectivity index (χ3v) is 4.93. The van der Waals surface area contributed by atoms with E-state index in [2.05, 4.69) is 43.0 Å². The van der Waals surface area contributed by atoms with E-state index >= 15 is 0 Å². The van der Waals surface area contributed by atoms with Gasteiger partial charge in [0.15, 0.2) is 5.96 Å². The number of nitrogens with zero attached hydrogens (tertiary/aromatic N) is 3. The van der Waals surface area contributed by atoms with Crippen LogP contribution in [-0.4, -0.2) is 54.2 Å². The van der Waals surface area contributed by atoms with Crippen LogP contribution in [0.1, 0.15) is 25.3 Å². The van der Waals surface area contributed by atoms with E-state index in [1.165, 1.54) is 12.1 Å².